The summed E-state index contributed by atoms with van der Waals surface area (Å²) < 4.78 is 3.74. The molecule has 1 radical (unpaired) electrons. The molecule has 2 N–H and O–H groups in total. The van der Waals surface area contributed by atoms with Crippen molar-refractivity contribution in [3.63, 3.8) is 0 Å². The maximum Gasteiger partial charge on any atom is 0.109 e. The standard InChI is InChI=1S/C6H19NSi2.CH4O.Li/c1-8(2,3)7-9(4,5)6;1-2;/h7H,1-6H3;2H,1H3;. The molecular formula is C7H23LiNOSi2. The molecule has 0 atom stereocenters. The normalized spacial score (nSPS) is 11.0. The summed E-state index contributed by atoms with van der Waals surface area (Å²) in [5, 5.41) is 7.00. The molecule has 0 saturated heterocycles. The predicted octanol–water partition coefficient (Wildman–Crippen LogP) is 1.47. The predicted molar refractivity (Wildman–Crippen MR) is 63.7 cm³/mol. The number of rotatable bonds is 2. The van der Waals surface area contributed by atoms with Crippen molar-refractivity contribution in [2.45, 2.75) is 39.3 Å². The average molecular weight is 200 g/mol. The second kappa shape index (κ2) is 7.36. The number of nitrogens with one attached hydrogen (secondary N) is 1. The van der Waals surface area contributed by atoms with Gasteiger partial charge in [-0.3, -0.25) is 0 Å². The van der Waals surface area contributed by atoms with Crippen molar-refractivity contribution in [3.8, 4) is 0 Å². The van der Waals surface area contributed by atoms with E-state index in [1.54, 1.807) is 0 Å². The van der Waals surface area contributed by atoms with E-state index in [1.165, 1.54) is 0 Å². The smallest absolute Gasteiger partial charge is 0.109 e. The van der Waals surface area contributed by atoms with Crippen LogP contribution in [0.3, 0.4) is 0 Å². The molecule has 0 spiro atoms. The van der Waals surface area contributed by atoms with Gasteiger partial charge in [0.25, 0.3) is 0 Å². The molecule has 0 amide bonds. The molecule has 0 aromatic heterocycles. The van der Waals surface area contributed by atoms with Crippen LogP contribution in [0.15, 0.2) is 0 Å². The summed E-state index contributed by atoms with van der Waals surface area (Å²) in [5.74, 6) is 0. The Labute approximate surface area is 91.5 Å². The van der Waals surface area contributed by atoms with E-state index in [4.69, 9.17) is 5.11 Å². The third-order valence-electron chi connectivity index (χ3n) is 0.750. The largest absolute Gasteiger partial charge is 0.400 e. The van der Waals surface area contributed by atoms with E-state index in [2.05, 4.69) is 43.9 Å². The Morgan fingerprint density at radius 1 is 0.750 bits per heavy atom. The monoisotopic (exact) mass is 200 g/mol. The summed E-state index contributed by atoms with van der Waals surface area (Å²) in [6.07, 6.45) is 0. The van der Waals surface area contributed by atoms with E-state index < -0.39 is 16.5 Å². The molecule has 0 heterocycles. The van der Waals surface area contributed by atoms with E-state index in [0.29, 0.717) is 0 Å². The van der Waals surface area contributed by atoms with Crippen LogP contribution in [0.2, 0.25) is 39.3 Å². The molecule has 0 rings (SSSR count). The summed E-state index contributed by atoms with van der Waals surface area (Å²) in [6, 6.07) is 0. The van der Waals surface area contributed by atoms with Gasteiger partial charge in [0.1, 0.15) is 16.5 Å². The average Bonchev–Trinajstić information content (AvgIpc) is 1.60. The number of aliphatic hydroxyl groups is 1. The Morgan fingerprint density at radius 2 is 0.917 bits per heavy atom. The molecule has 0 aliphatic carbocycles. The van der Waals surface area contributed by atoms with Crippen LogP contribution in [0.25, 0.3) is 0 Å². The van der Waals surface area contributed by atoms with Crippen molar-refractivity contribution >= 4 is 35.3 Å². The zero-order valence-electron chi connectivity index (χ0n) is 9.95. The van der Waals surface area contributed by atoms with E-state index in [-0.39, 0.29) is 18.9 Å². The van der Waals surface area contributed by atoms with Crippen LogP contribution >= 0.6 is 0 Å². The summed E-state index contributed by atoms with van der Waals surface area (Å²) in [5.41, 5.74) is 0. The zero-order chi connectivity index (χ0) is 9.71. The minimum absolute atomic E-state index is 0. The van der Waals surface area contributed by atoms with Gasteiger partial charge in [-0.25, -0.2) is 0 Å². The molecule has 0 unspecified atom stereocenters. The Morgan fingerprint density at radius 3 is 0.917 bits per heavy atom. The van der Waals surface area contributed by atoms with Crippen LogP contribution < -0.4 is 4.65 Å². The molecular weight excluding hydrogens is 177 g/mol. The third kappa shape index (κ3) is 22.4. The quantitative estimate of drug-likeness (QED) is 0.662. The van der Waals surface area contributed by atoms with E-state index in [1.807, 2.05) is 0 Å². The first-order valence-corrected chi connectivity index (χ1v) is 10.9. The fraction of sp³-hybridized carbons (Fsp3) is 1.00. The van der Waals surface area contributed by atoms with Gasteiger partial charge in [-0.1, -0.05) is 39.3 Å². The van der Waals surface area contributed by atoms with E-state index in [9.17, 15) is 0 Å². The van der Waals surface area contributed by atoms with Crippen LogP contribution in [0.5, 0.6) is 0 Å². The molecule has 71 valence electrons. The summed E-state index contributed by atoms with van der Waals surface area (Å²) >= 11 is 0. The van der Waals surface area contributed by atoms with Gasteiger partial charge < -0.3 is 9.75 Å². The summed E-state index contributed by atoms with van der Waals surface area (Å²) in [7, 11) is -0.962. The molecule has 0 aromatic carbocycles. The van der Waals surface area contributed by atoms with Gasteiger partial charge in [0, 0.05) is 26.0 Å². The SMILES string of the molecule is CO.C[Si](C)(C)N[Si](C)(C)C.[Li]. The maximum absolute atomic E-state index is 7.00. The van der Waals surface area contributed by atoms with Crippen LogP contribution in [0.1, 0.15) is 0 Å². The minimum Gasteiger partial charge on any atom is -0.400 e. The van der Waals surface area contributed by atoms with Crippen LogP contribution in [0, 0.1) is 0 Å². The maximum atomic E-state index is 7.00. The molecule has 0 bridgehead atoms. The van der Waals surface area contributed by atoms with Crippen molar-refractivity contribution in [1.29, 1.82) is 0 Å². The molecule has 12 heavy (non-hydrogen) atoms. The molecule has 0 aliphatic heterocycles. The van der Waals surface area contributed by atoms with Gasteiger partial charge in [-0.15, -0.1) is 0 Å². The molecule has 5 heteroatoms. The van der Waals surface area contributed by atoms with Gasteiger partial charge in [-0.2, -0.15) is 0 Å². The second-order valence-electron chi connectivity index (χ2n) is 4.62. The fourth-order valence-electron chi connectivity index (χ4n) is 1.12. The van der Waals surface area contributed by atoms with Crippen LogP contribution in [-0.2, 0) is 0 Å². The van der Waals surface area contributed by atoms with Crippen molar-refractivity contribution in [3.05, 3.63) is 0 Å². The van der Waals surface area contributed by atoms with Gasteiger partial charge in [0.2, 0.25) is 0 Å². The second-order valence-corrected chi connectivity index (χ2v) is 14.6. The third-order valence-corrected chi connectivity index (χ3v) is 6.75. The first-order valence-electron chi connectivity index (χ1n) is 3.95. The Bertz CT molecular complexity index is 86.6. The van der Waals surface area contributed by atoms with Crippen molar-refractivity contribution in [2.75, 3.05) is 7.11 Å². The Hall–Kier alpha value is 0.951. The topological polar surface area (TPSA) is 32.3 Å². The Kier molecular flexibility index (Phi) is 11.5. The van der Waals surface area contributed by atoms with Crippen LogP contribution in [0.4, 0.5) is 0 Å². The summed E-state index contributed by atoms with van der Waals surface area (Å²) in [6.45, 7) is 14.1. The first-order chi connectivity index (χ1) is 4.71. The van der Waals surface area contributed by atoms with Gasteiger partial charge in [0.15, 0.2) is 0 Å². The zero-order valence-corrected chi connectivity index (χ0v) is 11.9. The number of hydrogen-bond donors (Lipinski definition) is 2. The fourth-order valence-corrected chi connectivity index (χ4v) is 10.1. The summed E-state index contributed by atoms with van der Waals surface area (Å²) in [4.78, 5) is 0. The van der Waals surface area contributed by atoms with Gasteiger partial charge in [0.05, 0.1) is 0 Å². The Balaban J connectivity index is -0.000000249. The number of hydrogen-bond acceptors (Lipinski definition) is 2. The minimum atomic E-state index is -0.981. The van der Waals surface area contributed by atoms with E-state index >= 15 is 0 Å². The van der Waals surface area contributed by atoms with Gasteiger partial charge >= 0.3 is 0 Å². The molecule has 0 aliphatic rings. The molecule has 2 nitrogen and oxygen atoms in total. The van der Waals surface area contributed by atoms with Gasteiger partial charge in [-0.05, 0) is 0 Å². The van der Waals surface area contributed by atoms with Crippen molar-refractivity contribution < 1.29 is 5.11 Å². The van der Waals surface area contributed by atoms with Crippen LogP contribution in [-0.4, -0.2) is 47.5 Å². The molecule has 0 aromatic rings. The molecule has 0 saturated carbocycles. The first kappa shape index (κ1) is 18.7. The molecule has 0 fully saturated rings. The number of aliphatic hydroxyl groups excluding tert-OH is 1. The van der Waals surface area contributed by atoms with Crippen molar-refractivity contribution in [2.24, 2.45) is 0 Å². The van der Waals surface area contributed by atoms with E-state index in [0.717, 1.165) is 7.11 Å². The van der Waals surface area contributed by atoms with Crippen molar-refractivity contribution in [1.82, 2.24) is 4.65 Å².